The molecule has 0 aromatic heterocycles. The molecular weight excluding hydrogens is 355 g/mol. The van der Waals surface area contributed by atoms with Crippen molar-refractivity contribution in [2.24, 2.45) is 5.92 Å². The van der Waals surface area contributed by atoms with E-state index in [4.69, 9.17) is 44.6 Å². The molecule has 116 valence electrons. The van der Waals surface area contributed by atoms with E-state index in [9.17, 15) is 18.0 Å². The Labute approximate surface area is 132 Å². The first-order valence-electron chi connectivity index (χ1n) is 5.68. The van der Waals surface area contributed by atoms with Crippen molar-refractivity contribution >= 4 is 40.8 Å². The Morgan fingerprint density at radius 2 is 2.00 bits per heavy atom. The normalized spacial score (nSPS) is 21.6. The number of carbonyl (C=O) groups is 1. The van der Waals surface area contributed by atoms with Crippen LogP contribution in [0.3, 0.4) is 0 Å². The zero-order valence-electron chi connectivity index (χ0n) is 10.2. The third-order valence-electron chi connectivity index (χ3n) is 3.18. The van der Waals surface area contributed by atoms with E-state index in [-0.39, 0.29) is 32.8 Å². The van der Waals surface area contributed by atoms with Crippen LogP contribution in [0.1, 0.15) is 5.56 Å². The van der Waals surface area contributed by atoms with Gasteiger partial charge in [-0.15, -0.1) is 0 Å². The Morgan fingerprint density at radius 3 is 2.52 bits per heavy atom. The van der Waals surface area contributed by atoms with Crippen LogP contribution in [0.4, 0.5) is 13.2 Å². The number of hydrogen-bond acceptors (Lipinski definition) is 2. The minimum atomic E-state index is -3.95. The van der Waals surface area contributed by atoms with Gasteiger partial charge in [0.1, 0.15) is 11.7 Å². The van der Waals surface area contributed by atoms with Gasteiger partial charge < -0.3 is 9.84 Å². The average molecular weight is 364 g/mol. The molecule has 1 aliphatic rings. The van der Waals surface area contributed by atoms with Crippen molar-refractivity contribution in [3.8, 4) is 5.75 Å². The number of ether oxygens (including phenoxy) is 1. The molecule has 1 N–H and O–H groups in total. The average Bonchev–Trinajstić information content (AvgIpc) is 2.43. The number of alkyl halides is 3. The molecule has 21 heavy (non-hydrogen) atoms. The van der Waals surface area contributed by atoms with Gasteiger partial charge in [-0.05, 0) is 6.42 Å². The van der Waals surface area contributed by atoms with E-state index in [1.165, 1.54) is 0 Å². The molecule has 0 aliphatic carbocycles. The molecule has 0 amide bonds. The summed E-state index contributed by atoms with van der Waals surface area (Å²) in [5, 5.41) is 8.95. The maximum absolute atomic E-state index is 13.6. The topological polar surface area (TPSA) is 46.5 Å². The Hall–Kier alpha value is -0.850. The molecule has 9 heteroatoms. The summed E-state index contributed by atoms with van der Waals surface area (Å²) in [6.45, 7) is -2.04. The van der Waals surface area contributed by atoms with Gasteiger partial charge in [-0.3, -0.25) is 4.79 Å². The molecule has 0 bridgehead atoms. The summed E-state index contributed by atoms with van der Waals surface area (Å²) in [5.41, 5.74) is 0.157. The summed E-state index contributed by atoms with van der Waals surface area (Å²) in [6.07, 6.45) is -2.51. The van der Waals surface area contributed by atoms with E-state index in [1.54, 1.807) is 0 Å². The van der Waals surface area contributed by atoms with Crippen LogP contribution in [0.15, 0.2) is 6.07 Å². The number of aliphatic carboxylic acids is 1. The van der Waals surface area contributed by atoms with E-state index in [0.29, 0.717) is 0 Å². The lowest BCUT2D eigenvalue weighted by Crippen LogP contribution is -2.51. The molecule has 0 fully saturated rings. The second-order valence-corrected chi connectivity index (χ2v) is 5.71. The first-order valence-corrected chi connectivity index (χ1v) is 6.82. The van der Waals surface area contributed by atoms with Gasteiger partial charge in [-0.1, -0.05) is 34.8 Å². The number of fused-ring (bicyclic) bond motifs is 1. The number of halogens is 6. The minimum Gasteiger partial charge on any atom is -0.483 e. The number of benzene rings is 1. The van der Waals surface area contributed by atoms with Crippen LogP contribution in [-0.2, 0) is 11.2 Å². The van der Waals surface area contributed by atoms with Gasteiger partial charge in [-0.25, -0.2) is 4.39 Å². The van der Waals surface area contributed by atoms with Crippen molar-refractivity contribution < 1.29 is 27.8 Å². The smallest absolute Gasteiger partial charge is 0.312 e. The number of carboxylic acids is 1. The monoisotopic (exact) mass is 362 g/mol. The highest BCUT2D eigenvalue weighted by molar-refractivity contribution is 6.48. The highest BCUT2D eigenvalue weighted by Crippen LogP contribution is 2.45. The molecule has 0 spiro atoms. The van der Waals surface area contributed by atoms with Gasteiger partial charge in [0.25, 0.3) is 0 Å². The summed E-state index contributed by atoms with van der Waals surface area (Å²) >= 11 is 17.5. The first kappa shape index (κ1) is 16.5. The van der Waals surface area contributed by atoms with Gasteiger partial charge in [-0.2, -0.15) is 8.78 Å². The molecule has 0 radical (unpaired) electrons. The van der Waals surface area contributed by atoms with E-state index in [1.807, 2.05) is 0 Å². The molecule has 0 unspecified atom stereocenters. The van der Waals surface area contributed by atoms with Crippen LogP contribution >= 0.6 is 34.8 Å². The fourth-order valence-electron chi connectivity index (χ4n) is 2.13. The SMILES string of the molecule is O=C(O)[C@H]1Cc2c(cc(Cl)c(Cl)c2Cl)O[C@H]1C(F)(F)CF. The van der Waals surface area contributed by atoms with E-state index in [0.717, 1.165) is 6.07 Å². The summed E-state index contributed by atoms with van der Waals surface area (Å²) in [6, 6.07) is 1.16. The molecule has 2 atom stereocenters. The summed E-state index contributed by atoms with van der Waals surface area (Å²) in [7, 11) is 0. The fraction of sp³-hybridized carbons (Fsp3) is 0.417. The fourth-order valence-corrected chi connectivity index (χ4v) is 2.81. The minimum absolute atomic E-state index is 0.0273. The van der Waals surface area contributed by atoms with Crippen LogP contribution in [-0.4, -0.2) is 29.8 Å². The summed E-state index contributed by atoms with van der Waals surface area (Å²) < 4.78 is 44.6. The lowest BCUT2D eigenvalue weighted by atomic mass is 9.87. The van der Waals surface area contributed by atoms with Gasteiger partial charge >= 0.3 is 11.9 Å². The number of hydrogen-bond donors (Lipinski definition) is 1. The predicted octanol–water partition coefficient (Wildman–Crippen LogP) is 4.26. The molecular formula is C12H8Cl3F3O3. The molecule has 1 aliphatic heterocycles. The molecule has 0 saturated carbocycles. The van der Waals surface area contributed by atoms with E-state index >= 15 is 0 Å². The second-order valence-electron chi connectivity index (χ2n) is 4.55. The maximum Gasteiger partial charge on any atom is 0.312 e. The number of rotatable bonds is 3. The maximum atomic E-state index is 13.6. The second kappa shape index (κ2) is 5.74. The molecule has 1 heterocycles. The third kappa shape index (κ3) is 2.89. The largest absolute Gasteiger partial charge is 0.483 e. The molecule has 1 aromatic rings. The van der Waals surface area contributed by atoms with Crippen LogP contribution in [0, 0.1) is 5.92 Å². The van der Waals surface area contributed by atoms with Crippen molar-refractivity contribution in [2.75, 3.05) is 6.67 Å². The van der Waals surface area contributed by atoms with Crippen molar-refractivity contribution in [1.82, 2.24) is 0 Å². The first-order chi connectivity index (χ1) is 9.69. The Morgan fingerprint density at radius 1 is 1.38 bits per heavy atom. The Balaban J connectivity index is 2.53. The zero-order valence-corrected chi connectivity index (χ0v) is 12.4. The molecule has 1 aromatic carbocycles. The van der Waals surface area contributed by atoms with Crippen LogP contribution < -0.4 is 4.74 Å². The summed E-state index contributed by atoms with van der Waals surface area (Å²) in [4.78, 5) is 11.2. The zero-order chi connectivity index (χ0) is 15.9. The molecule has 0 saturated heterocycles. The van der Waals surface area contributed by atoms with Crippen molar-refractivity contribution in [2.45, 2.75) is 18.4 Å². The van der Waals surface area contributed by atoms with Gasteiger partial charge in [0.05, 0.1) is 15.1 Å². The molecule has 2 rings (SSSR count). The molecule has 3 nitrogen and oxygen atoms in total. The van der Waals surface area contributed by atoms with Gasteiger partial charge in [0, 0.05) is 11.6 Å². The third-order valence-corrected chi connectivity index (χ3v) is 4.48. The summed E-state index contributed by atoms with van der Waals surface area (Å²) in [5.74, 6) is -7.26. The van der Waals surface area contributed by atoms with Gasteiger partial charge in [0.15, 0.2) is 12.8 Å². The van der Waals surface area contributed by atoms with Gasteiger partial charge in [0.2, 0.25) is 0 Å². The quantitative estimate of drug-likeness (QED) is 0.817. The standard InChI is InChI=1S/C12H8Cl3F3O3/c13-6-2-7-4(8(14)9(6)15)1-5(11(19)20)10(21-7)12(17,18)3-16/h2,5,10H,1,3H2,(H,19,20)/t5-,10+/m0/s1. The highest BCUT2D eigenvalue weighted by Gasteiger charge is 2.52. The lowest BCUT2D eigenvalue weighted by Gasteiger charge is -2.35. The van der Waals surface area contributed by atoms with Crippen molar-refractivity contribution in [3.05, 3.63) is 26.7 Å². The van der Waals surface area contributed by atoms with E-state index in [2.05, 4.69) is 0 Å². The Bertz CT molecular complexity index is 595. The Kier molecular flexibility index (Phi) is 4.52. The predicted molar refractivity (Wildman–Crippen MR) is 71.6 cm³/mol. The van der Waals surface area contributed by atoms with Crippen LogP contribution in [0.5, 0.6) is 5.75 Å². The number of carboxylic acid groups (broad SMARTS) is 1. The highest BCUT2D eigenvalue weighted by atomic mass is 35.5. The van der Waals surface area contributed by atoms with Crippen molar-refractivity contribution in [1.29, 1.82) is 0 Å². The lowest BCUT2D eigenvalue weighted by molar-refractivity contribution is -0.166. The van der Waals surface area contributed by atoms with Crippen LogP contribution in [0.25, 0.3) is 0 Å². The van der Waals surface area contributed by atoms with Crippen molar-refractivity contribution in [3.63, 3.8) is 0 Å². The van der Waals surface area contributed by atoms with E-state index < -0.39 is 30.6 Å². The van der Waals surface area contributed by atoms with Crippen LogP contribution in [0.2, 0.25) is 15.1 Å².